The summed E-state index contributed by atoms with van der Waals surface area (Å²) in [5.74, 6) is -0.402. The summed E-state index contributed by atoms with van der Waals surface area (Å²) in [6, 6.07) is 19.9. The Labute approximate surface area is 224 Å². The molecule has 4 rings (SSSR count). The second-order valence-electron chi connectivity index (χ2n) is 9.30. The van der Waals surface area contributed by atoms with Gasteiger partial charge in [0.05, 0.1) is 28.9 Å². The molecule has 3 aromatic rings. The van der Waals surface area contributed by atoms with Crippen LogP contribution < -0.4 is 14.4 Å². The largest absolute Gasteiger partial charge is 0.495 e. The summed E-state index contributed by atoms with van der Waals surface area (Å²) in [6.07, 6.45) is 4.09. The average Bonchev–Trinajstić information content (AvgIpc) is 3.22. The number of aryl methyl sites for hydroxylation is 1. The van der Waals surface area contributed by atoms with Crippen molar-refractivity contribution in [2.24, 2.45) is 0 Å². The fourth-order valence-electron chi connectivity index (χ4n) is 4.56. The number of hydrogen-bond donors (Lipinski definition) is 1. The van der Waals surface area contributed by atoms with Crippen molar-refractivity contribution in [2.75, 3.05) is 36.4 Å². The molecule has 1 aliphatic rings. The van der Waals surface area contributed by atoms with Gasteiger partial charge >= 0.3 is 0 Å². The molecule has 0 unspecified atom stereocenters. The van der Waals surface area contributed by atoms with Gasteiger partial charge in [-0.3, -0.25) is 13.9 Å². The first kappa shape index (κ1) is 27.2. The first-order chi connectivity index (χ1) is 18.3. The van der Waals surface area contributed by atoms with Crippen LogP contribution in [0.5, 0.6) is 5.75 Å². The molecule has 1 aliphatic heterocycles. The van der Waals surface area contributed by atoms with Gasteiger partial charge in [0.2, 0.25) is 5.91 Å². The number of nitrogens with one attached hydrogen (secondary N) is 1. The minimum Gasteiger partial charge on any atom is -0.495 e. The standard InChI is InChI=1S/C29H33N3O5S/c1-22-16-17-27(37-2)26(20-22)32(38(35,36)23-12-6-5-7-13-23)21-28(33)30-25-15-9-8-14-24(25)29(34)31-18-10-3-4-11-19-31/h5-9,12-17,20H,3-4,10-11,18-19,21H2,1-2H3,(H,30,33). The predicted octanol–water partition coefficient (Wildman–Crippen LogP) is 4.85. The molecule has 3 aromatic carbocycles. The number of sulfonamides is 1. The first-order valence-electron chi connectivity index (χ1n) is 12.7. The van der Waals surface area contributed by atoms with Crippen molar-refractivity contribution >= 4 is 33.2 Å². The number of anilines is 2. The molecule has 1 saturated heterocycles. The fourth-order valence-corrected chi connectivity index (χ4v) is 6.00. The van der Waals surface area contributed by atoms with Gasteiger partial charge in [0.25, 0.3) is 15.9 Å². The van der Waals surface area contributed by atoms with Gasteiger partial charge in [-0.2, -0.15) is 0 Å². The van der Waals surface area contributed by atoms with Crippen LogP contribution in [-0.4, -0.2) is 51.9 Å². The van der Waals surface area contributed by atoms with E-state index < -0.39 is 22.5 Å². The minimum absolute atomic E-state index is 0.0492. The van der Waals surface area contributed by atoms with Crippen molar-refractivity contribution in [3.05, 3.63) is 83.9 Å². The van der Waals surface area contributed by atoms with E-state index in [0.717, 1.165) is 35.6 Å². The second kappa shape index (κ2) is 12.1. The van der Waals surface area contributed by atoms with Crippen LogP contribution in [0.25, 0.3) is 0 Å². The Bertz CT molecular complexity index is 1380. The maximum absolute atomic E-state index is 13.7. The lowest BCUT2D eigenvalue weighted by Crippen LogP contribution is -2.39. The zero-order valence-electron chi connectivity index (χ0n) is 21.7. The van der Waals surface area contributed by atoms with E-state index in [2.05, 4.69) is 5.32 Å². The number of carbonyl (C=O) groups is 2. The van der Waals surface area contributed by atoms with Gasteiger partial charge in [-0.15, -0.1) is 0 Å². The Kier molecular flexibility index (Phi) is 8.68. The number of methoxy groups -OCH3 is 1. The molecule has 1 N–H and O–H groups in total. The van der Waals surface area contributed by atoms with E-state index in [0.29, 0.717) is 30.1 Å². The lowest BCUT2D eigenvalue weighted by molar-refractivity contribution is -0.114. The topological polar surface area (TPSA) is 96.0 Å². The molecule has 8 nitrogen and oxygen atoms in total. The van der Waals surface area contributed by atoms with E-state index in [4.69, 9.17) is 4.74 Å². The van der Waals surface area contributed by atoms with Gasteiger partial charge in [0.1, 0.15) is 12.3 Å². The lowest BCUT2D eigenvalue weighted by Gasteiger charge is -2.26. The lowest BCUT2D eigenvalue weighted by atomic mass is 10.1. The molecule has 0 aliphatic carbocycles. The van der Waals surface area contributed by atoms with Crippen LogP contribution in [0, 0.1) is 6.92 Å². The highest BCUT2D eigenvalue weighted by atomic mass is 32.2. The Hall–Kier alpha value is -3.85. The smallest absolute Gasteiger partial charge is 0.264 e. The van der Waals surface area contributed by atoms with Gasteiger partial charge in [-0.1, -0.05) is 49.2 Å². The van der Waals surface area contributed by atoms with Gasteiger partial charge in [0.15, 0.2) is 0 Å². The highest BCUT2D eigenvalue weighted by Crippen LogP contribution is 2.33. The Balaban J connectivity index is 1.65. The second-order valence-corrected chi connectivity index (χ2v) is 11.2. The zero-order chi connectivity index (χ0) is 27.1. The molecule has 0 aromatic heterocycles. The summed E-state index contributed by atoms with van der Waals surface area (Å²) in [5, 5.41) is 2.79. The van der Waals surface area contributed by atoms with Crippen molar-refractivity contribution in [3.63, 3.8) is 0 Å². The predicted molar refractivity (Wildman–Crippen MR) is 148 cm³/mol. The van der Waals surface area contributed by atoms with Crippen LogP contribution in [0.1, 0.15) is 41.6 Å². The van der Waals surface area contributed by atoms with Crippen molar-refractivity contribution in [3.8, 4) is 5.75 Å². The van der Waals surface area contributed by atoms with E-state index >= 15 is 0 Å². The maximum Gasteiger partial charge on any atom is 0.264 e. The zero-order valence-corrected chi connectivity index (χ0v) is 22.5. The van der Waals surface area contributed by atoms with Crippen LogP contribution >= 0.6 is 0 Å². The molecular weight excluding hydrogens is 502 g/mol. The van der Waals surface area contributed by atoms with E-state index in [1.54, 1.807) is 60.7 Å². The number of likely N-dealkylation sites (tertiary alicyclic amines) is 1. The van der Waals surface area contributed by atoms with Gasteiger partial charge < -0.3 is 15.0 Å². The van der Waals surface area contributed by atoms with Gasteiger partial charge in [0, 0.05) is 13.1 Å². The molecule has 2 amide bonds. The monoisotopic (exact) mass is 535 g/mol. The minimum atomic E-state index is -4.12. The molecule has 1 fully saturated rings. The highest BCUT2D eigenvalue weighted by Gasteiger charge is 2.30. The number of para-hydroxylation sites is 1. The van der Waals surface area contributed by atoms with Crippen molar-refractivity contribution in [1.82, 2.24) is 4.90 Å². The number of carbonyl (C=O) groups excluding carboxylic acids is 2. The molecule has 0 spiro atoms. The number of benzene rings is 3. The Morgan fingerprint density at radius 2 is 1.58 bits per heavy atom. The normalized spacial score (nSPS) is 13.9. The fraction of sp³-hybridized carbons (Fsp3) is 0.310. The summed E-state index contributed by atoms with van der Waals surface area (Å²) in [4.78, 5) is 28.6. The first-order valence-corrected chi connectivity index (χ1v) is 14.2. The van der Waals surface area contributed by atoms with E-state index in [1.165, 1.54) is 19.2 Å². The molecule has 200 valence electrons. The van der Waals surface area contributed by atoms with Gasteiger partial charge in [-0.05, 0) is 61.7 Å². The average molecular weight is 536 g/mol. The number of hydrogen-bond acceptors (Lipinski definition) is 5. The Morgan fingerprint density at radius 1 is 0.921 bits per heavy atom. The van der Waals surface area contributed by atoms with Crippen molar-refractivity contribution in [2.45, 2.75) is 37.5 Å². The van der Waals surface area contributed by atoms with E-state index in [9.17, 15) is 18.0 Å². The number of ether oxygens (including phenoxy) is 1. The van der Waals surface area contributed by atoms with Crippen LogP contribution in [0.2, 0.25) is 0 Å². The quantitative estimate of drug-likeness (QED) is 0.445. The third-order valence-corrected chi connectivity index (χ3v) is 8.32. The summed E-state index contributed by atoms with van der Waals surface area (Å²) < 4.78 is 34.0. The number of amides is 2. The molecule has 0 saturated carbocycles. The number of nitrogens with zero attached hydrogens (tertiary/aromatic N) is 2. The Morgan fingerprint density at radius 3 is 2.26 bits per heavy atom. The molecule has 0 bridgehead atoms. The third kappa shape index (κ3) is 6.16. The summed E-state index contributed by atoms with van der Waals surface area (Å²) >= 11 is 0. The SMILES string of the molecule is COc1ccc(C)cc1N(CC(=O)Nc1ccccc1C(=O)N1CCCCCC1)S(=O)(=O)c1ccccc1. The summed E-state index contributed by atoms with van der Waals surface area (Å²) in [6.45, 7) is 2.68. The molecular formula is C29H33N3O5S. The maximum atomic E-state index is 13.7. The van der Waals surface area contributed by atoms with Crippen LogP contribution in [-0.2, 0) is 14.8 Å². The highest BCUT2D eigenvalue weighted by molar-refractivity contribution is 7.92. The van der Waals surface area contributed by atoms with E-state index in [-0.39, 0.29) is 16.5 Å². The van der Waals surface area contributed by atoms with Crippen LogP contribution in [0.3, 0.4) is 0 Å². The molecule has 0 atom stereocenters. The van der Waals surface area contributed by atoms with Crippen LogP contribution in [0.15, 0.2) is 77.7 Å². The van der Waals surface area contributed by atoms with Crippen molar-refractivity contribution < 1.29 is 22.7 Å². The third-order valence-electron chi connectivity index (χ3n) is 6.55. The summed E-state index contributed by atoms with van der Waals surface area (Å²) in [7, 11) is -2.67. The molecule has 0 radical (unpaired) electrons. The molecule has 1 heterocycles. The van der Waals surface area contributed by atoms with E-state index in [1.807, 2.05) is 11.8 Å². The summed E-state index contributed by atoms with van der Waals surface area (Å²) in [5.41, 5.74) is 1.79. The van der Waals surface area contributed by atoms with Crippen molar-refractivity contribution in [1.29, 1.82) is 0 Å². The van der Waals surface area contributed by atoms with Gasteiger partial charge in [-0.25, -0.2) is 8.42 Å². The molecule has 38 heavy (non-hydrogen) atoms. The van der Waals surface area contributed by atoms with Crippen LogP contribution in [0.4, 0.5) is 11.4 Å². The number of rotatable bonds is 8. The molecule has 9 heteroatoms.